The molecule has 1 fully saturated rings. The average Bonchev–Trinajstić information content (AvgIpc) is 2.92. The van der Waals surface area contributed by atoms with Gasteiger partial charge < -0.3 is 10.2 Å². The summed E-state index contributed by atoms with van der Waals surface area (Å²) in [4.78, 5) is 14.3. The van der Waals surface area contributed by atoms with Crippen molar-refractivity contribution >= 4 is 17.5 Å². The third-order valence-corrected chi connectivity index (χ3v) is 3.74. The highest BCUT2D eigenvalue weighted by atomic mass is 35.5. The van der Waals surface area contributed by atoms with Crippen LogP contribution in [0, 0.1) is 0 Å². The number of hydrogen-bond acceptors (Lipinski definition) is 2. The highest BCUT2D eigenvalue weighted by Gasteiger charge is 2.10. The molecule has 0 spiro atoms. The monoisotopic (exact) mass is 280 g/mol. The fraction of sp³-hybridized carbons (Fsp3) is 0.533. The lowest BCUT2D eigenvalue weighted by Gasteiger charge is -2.14. The maximum atomic E-state index is 11.8. The highest BCUT2D eigenvalue weighted by Crippen LogP contribution is 2.10. The number of unbranched alkanes of at least 4 members (excludes halogenated alkanes) is 1. The second-order valence-electron chi connectivity index (χ2n) is 5.02. The molecular formula is C15H21ClN2O. The number of benzene rings is 1. The van der Waals surface area contributed by atoms with E-state index in [0.717, 1.165) is 25.9 Å². The summed E-state index contributed by atoms with van der Waals surface area (Å²) in [6.45, 7) is 4.40. The zero-order valence-corrected chi connectivity index (χ0v) is 12.0. The Hall–Kier alpha value is -1.06. The Morgan fingerprint density at radius 3 is 2.53 bits per heavy atom. The lowest BCUT2D eigenvalue weighted by atomic mass is 10.2. The van der Waals surface area contributed by atoms with Gasteiger partial charge in [-0.25, -0.2) is 0 Å². The molecule has 0 radical (unpaired) electrons. The second kappa shape index (κ2) is 7.51. The molecule has 19 heavy (non-hydrogen) atoms. The van der Waals surface area contributed by atoms with Crippen LogP contribution in [0.15, 0.2) is 24.3 Å². The molecule has 4 heteroatoms. The number of likely N-dealkylation sites (tertiary alicyclic amines) is 1. The largest absolute Gasteiger partial charge is 0.352 e. The first kappa shape index (κ1) is 14.4. The van der Waals surface area contributed by atoms with Gasteiger partial charge in [-0.05, 0) is 69.6 Å². The van der Waals surface area contributed by atoms with Gasteiger partial charge in [0.05, 0.1) is 0 Å². The van der Waals surface area contributed by atoms with Crippen molar-refractivity contribution in [1.29, 1.82) is 0 Å². The minimum atomic E-state index is -0.0159. The molecule has 1 N–H and O–H groups in total. The van der Waals surface area contributed by atoms with Crippen molar-refractivity contribution in [3.8, 4) is 0 Å². The molecule has 0 saturated carbocycles. The predicted molar refractivity (Wildman–Crippen MR) is 78.7 cm³/mol. The number of nitrogens with one attached hydrogen (secondary N) is 1. The Kier molecular flexibility index (Phi) is 5.67. The Morgan fingerprint density at radius 2 is 1.84 bits per heavy atom. The molecule has 1 amide bonds. The van der Waals surface area contributed by atoms with Crippen LogP contribution in [-0.4, -0.2) is 37.0 Å². The number of hydrogen-bond donors (Lipinski definition) is 1. The van der Waals surface area contributed by atoms with Crippen LogP contribution in [0.25, 0.3) is 0 Å². The van der Waals surface area contributed by atoms with E-state index in [1.165, 1.54) is 25.9 Å². The molecular weight excluding hydrogens is 260 g/mol. The summed E-state index contributed by atoms with van der Waals surface area (Å²) in [7, 11) is 0. The molecule has 0 aliphatic carbocycles. The first-order chi connectivity index (χ1) is 9.25. The van der Waals surface area contributed by atoms with Gasteiger partial charge in [0.2, 0.25) is 0 Å². The normalized spacial score (nSPS) is 15.6. The maximum absolute atomic E-state index is 11.8. The van der Waals surface area contributed by atoms with Crippen LogP contribution in [-0.2, 0) is 0 Å². The third kappa shape index (κ3) is 4.84. The SMILES string of the molecule is O=C(NCCCCN1CCCC1)c1ccc(Cl)cc1. The van der Waals surface area contributed by atoms with Crippen molar-refractivity contribution in [3.05, 3.63) is 34.9 Å². The van der Waals surface area contributed by atoms with Crippen molar-refractivity contribution in [2.75, 3.05) is 26.2 Å². The molecule has 1 heterocycles. The first-order valence-corrected chi connectivity index (χ1v) is 7.39. The summed E-state index contributed by atoms with van der Waals surface area (Å²) < 4.78 is 0. The smallest absolute Gasteiger partial charge is 0.251 e. The Balaban J connectivity index is 1.59. The summed E-state index contributed by atoms with van der Waals surface area (Å²) in [5.74, 6) is -0.0159. The fourth-order valence-electron chi connectivity index (χ4n) is 2.37. The lowest BCUT2D eigenvalue weighted by molar-refractivity contribution is 0.0952. The van der Waals surface area contributed by atoms with Crippen molar-refractivity contribution in [3.63, 3.8) is 0 Å². The molecule has 1 saturated heterocycles. The molecule has 1 aromatic rings. The van der Waals surface area contributed by atoms with Crippen molar-refractivity contribution in [2.24, 2.45) is 0 Å². The van der Waals surface area contributed by atoms with E-state index in [1.807, 2.05) is 0 Å². The van der Waals surface area contributed by atoms with Crippen LogP contribution in [0.5, 0.6) is 0 Å². The van der Waals surface area contributed by atoms with Gasteiger partial charge in [0.1, 0.15) is 0 Å². The highest BCUT2D eigenvalue weighted by molar-refractivity contribution is 6.30. The van der Waals surface area contributed by atoms with Gasteiger partial charge >= 0.3 is 0 Å². The van der Waals surface area contributed by atoms with E-state index in [9.17, 15) is 4.79 Å². The summed E-state index contributed by atoms with van der Waals surface area (Å²) >= 11 is 5.79. The van der Waals surface area contributed by atoms with Crippen LogP contribution in [0.1, 0.15) is 36.0 Å². The molecule has 0 aromatic heterocycles. The molecule has 0 atom stereocenters. The van der Waals surface area contributed by atoms with E-state index in [2.05, 4.69) is 10.2 Å². The van der Waals surface area contributed by atoms with Crippen molar-refractivity contribution < 1.29 is 4.79 Å². The Morgan fingerprint density at radius 1 is 1.16 bits per heavy atom. The number of halogens is 1. The van der Waals surface area contributed by atoms with Gasteiger partial charge in [-0.15, -0.1) is 0 Å². The van der Waals surface area contributed by atoms with E-state index < -0.39 is 0 Å². The van der Waals surface area contributed by atoms with Gasteiger partial charge in [-0.3, -0.25) is 4.79 Å². The minimum Gasteiger partial charge on any atom is -0.352 e. The molecule has 1 aromatic carbocycles. The van der Waals surface area contributed by atoms with E-state index in [1.54, 1.807) is 24.3 Å². The van der Waals surface area contributed by atoms with E-state index in [4.69, 9.17) is 11.6 Å². The number of amides is 1. The predicted octanol–water partition coefficient (Wildman–Crippen LogP) is 2.95. The van der Waals surface area contributed by atoms with Gasteiger partial charge in [0, 0.05) is 17.1 Å². The van der Waals surface area contributed by atoms with Crippen LogP contribution in [0.2, 0.25) is 5.02 Å². The Labute approximate surface area is 119 Å². The topological polar surface area (TPSA) is 32.3 Å². The molecule has 3 nitrogen and oxygen atoms in total. The molecule has 2 rings (SSSR count). The summed E-state index contributed by atoms with van der Waals surface area (Å²) in [5, 5.41) is 3.60. The van der Waals surface area contributed by atoms with Crippen LogP contribution in [0.3, 0.4) is 0 Å². The van der Waals surface area contributed by atoms with Gasteiger partial charge in [-0.1, -0.05) is 11.6 Å². The van der Waals surface area contributed by atoms with E-state index in [-0.39, 0.29) is 5.91 Å². The van der Waals surface area contributed by atoms with Crippen LogP contribution < -0.4 is 5.32 Å². The fourth-order valence-corrected chi connectivity index (χ4v) is 2.50. The quantitative estimate of drug-likeness (QED) is 0.813. The minimum absolute atomic E-state index is 0.0159. The van der Waals surface area contributed by atoms with Crippen LogP contribution in [0.4, 0.5) is 0 Å². The number of carbonyl (C=O) groups is 1. The number of nitrogens with zero attached hydrogens (tertiary/aromatic N) is 1. The average molecular weight is 281 g/mol. The van der Waals surface area contributed by atoms with Gasteiger partial charge in [0.15, 0.2) is 0 Å². The Bertz CT molecular complexity index is 399. The first-order valence-electron chi connectivity index (χ1n) is 7.02. The third-order valence-electron chi connectivity index (χ3n) is 3.49. The molecule has 0 bridgehead atoms. The van der Waals surface area contributed by atoms with E-state index >= 15 is 0 Å². The van der Waals surface area contributed by atoms with Gasteiger partial charge in [0.25, 0.3) is 5.91 Å². The number of rotatable bonds is 6. The van der Waals surface area contributed by atoms with Crippen molar-refractivity contribution in [2.45, 2.75) is 25.7 Å². The molecule has 1 aliphatic heterocycles. The van der Waals surface area contributed by atoms with Crippen LogP contribution >= 0.6 is 11.6 Å². The van der Waals surface area contributed by atoms with Gasteiger partial charge in [-0.2, -0.15) is 0 Å². The number of carbonyl (C=O) groups excluding carboxylic acids is 1. The molecule has 1 aliphatic rings. The zero-order valence-electron chi connectivity index (χ0n) is 11.2. The molecule has 0 unspecified atom stereocenters. The summed E-state index contributed by atoms with van der Waals surface area (Å²) in [6.07, 6.45) is 4.87. The molecule has 104 valence electrons. The summed E-state index contributed by atoms with van der Waals surface area (Å²) in [6, 6.07) is 6.98. The standard InChI is InChI=1S/C15H21ClN2O/c16-14-7-5-13(6-8-14)15(19)17-9-1-2-10-18-11-3-4-12-18/h5-8H,1-4,9-12H2,(H,17,19). The maximum Gasteiger partial charge on any atom is 0.251 e. The lowest BCUT2D eigenvalue weighted by Crippen LogP contribution is -2.26. The van der Waals surface area contributed by atoms with E-state index in [0.29, 0.717) is 10.6 Å². The second-order valence-corrected chi connectivity index (χ2v) is 5.46. The van der Waals surface area contributed by atoms with Crippen molar-refractivity contribution in [1.82, 2.24) is 10.2 Å². The summed E-state index contributed by atoms with van der Waals surface area (Å²) in [5.41, 5.74) is 0.670. The zero-order chi connectivity index (χ0) is 13.5.